The lowest BCUT2D eigenvalue weighted by molar-refractivity contribution is 0.0939. The summed E-state index contributed by atoms with van der Waals surface area (Å²) in [6.07, 6.45) is 3.51. The van der Waals surface area contributed by atoms with Gasteiger partial charge in [-0.2, -0.15) is 0 Å². The van der Waals surface area contributed by atoms with E-state index in [1.807, 2.05) is 31.7 Å². The van der Waals surface area contributed by atoms with Crippen molar-refractivity contribution >= 4 is 5.91 Å². The van der Waals surface area contributed by atoms with Crippen LogP contribution in [0.1, 0.15) is 42.0 Å². The Bertz CT molecular complexity index is 541. The van der Waals surface area contributed by atoms with Crippen molar-refractivity contribution in [3.8, 4) is 0 Å². The van der Waals surface area contributed by atoms with Gasteiger partial charge in [-0.25, -0.2) is 9.97 Å². The normalized spacial score (nSPS) is 10.9. The first kappa shape index (κ1) is 12.3. The number of amides is 1. The second kappa shape index (κ2) is 4.99. The highest BCUT2D eigenvalue weighted by molar-refractivity contribution is 5.90. The number of carbonyl (C=O) groups is 1. The summed E-state index contributed by atoms with van der Waals surface area (Å²) >= 11 is 0. The molecular formula is C11H16N6O. The number of nitrogens with zero attached hydrogens (tertiary/aromatic N) is 4. The third-order valence-corrected chi connectivity index (χ3v) is 2.58. The van der Waals surface area contributed by atoms with Crippen LogP contribution in [0, 0.1) is 0 Å². The van der Waals surface area contributed by atoms with E-state index >= 15 is 0 Å². The molecule has 96 valence electrons. The second-order valence-electron chi connectivity index (χ2n) is 4.34. The molecule has 0 fully saturated rings. The molecular weight excluding hydrogens is 232 g/mol. The summed E-state index contributed by atoms with van der Waals surface area (Å²) in [5.74, 6) is 1.56. The van der Waals surface area contributed by atoms with E-state index in [2.05, 4.69) is 25.5 Å². The van der Waals surface area contributed by atoms with E-state index in [0.29, 0.717) is 12.4 Å². The fourth-order valence-corrected chi connectivity index (χ4v) is 1.44. The Balaban J connectivity index is 1.97. The van der Waals surface area contributed by atoms with Gasteiger partial charge in [0.05, 0.1) is 6.54 Å². The maximum atomic E-state index is 11.8. The first-order valence-electron chi connectivity index (χ1n) is 5.74. The predicted octanol–water partition coefficient (Wildman–Crippen LogP) is 0.592. The minimum atomic E-state index is -0.304. The van der Waals surface area contributed by atoms with Gasteiger partial charge in [0.1, 0.15) is 11.6 Å². The highest BCUT2D eigenvalue weighted by atomic mass is 16.2. The van der Waals surface area contributed by atoms with E-state index in [4.69, 9.17) is 0 Å². The van der Waals surface area contributed by atoms with Crippen molar-refractivity contribution in [2.75, 3.05) is 0 Å². The number of aromatic nitrogens is 5. The zero-order valence-corrected chi connectivity index (χ0v) is 10.6. The number of H-pyrrole nitrogens is 1. The van der Waals surface area contributed by atoms with Gasteiger partial charge in [-0.15, -0.1) is 5.10 Å². The molecule has 0 radical (unpaired) electrons. The summed E-state index contributed by atoms with van der Waals surface area (Å²) in [5.41, 5.74) is 0. The molecule has 2 rings (SSSR count). The molecule has 0 aliphatic heterocycles. The van der Waals surface area contributed by atoms with Crippen LogP contribution in [0.4, 0.5) is 0 Å². The van der Waals surface area contributed by atoms with Crippen LogP contribution in [0.2, 0.25) is 0 Å². The molecule has 0 bridgehead atoms. The second-order valence-corrected chi connectivity index (χ2v) is 4.34. The maximum Gasteiger partial charge on any atom is 0.291 e. The number of nitrogens with one attached hydrogen (secondary N) is 2. The molecule has 0 aliphatic rings. The Labute approximate surface area is 105 Å². The molecule has 2 N–H and O–H groups in total. The molecule has 2 aromatic rings. The zero-order valence-electron chi connectivity index (χ0n) is 10.6. The molecule has 18 heavy (non-hydrogen) atoms. The number of hydrogen-bond donors (Lipinski definition) is 2. The Hall–Kier alpha value is -2.18. The van der Waals surface area contributed by atoms with Crippen LogP contribution in [0.15, 0.2) is 12.4 Å². The van der Waals surface area contributed by atoms with E-state index in [1.165, 1.54) is 0 Å². The van der Waals surface area contributed by atoms with Gasteiger partial charge in [0.2, 0.25) is 5.82 Å². The molecule has 0 saturated carbocycles. The summed E-state index contributed by atoms with van der Waals surface area (Å²) in [6, 6.07) is 0. The van der Waals surface area contributed by atoms with Crippen molar-refractivity contribution in [1.29, 1.82) is 0 Å². The Morgan fingerprint density at radius 2 is 2.33 bits per heavy atom. The highest BCUT2D eigenvalue weighted by Crippen LogP contribution is 2.07. The van der Waals surface area contributed by atoms with Crippen molar-refractivity contribution in [1.82, 2.24) is 30.0 Å². The number of aryl methyl sites for hydroxylation is 1. The van der Waals surface area contributed by atoms with Crippen LogP contribution >= 0.6 is 0 Å². The van der Waals surface area contributed by atoms with E-state index in [-0.39, 0.29) is 17.6 Å². The molecule has 1 amide bonds. The van der Waals surface area contributed by atoms with E-state index in [0.717, 1.165) is 5.82 Å². The minimum Gasteiger partial charge on any atom is -0.342 e. The van der Waals surface area contributed by atoms with Crippen molar-refractivity contribution in [3.63, 3.8) is 0 Å². The van der Waals surface area contributed by atoms with Crippen LogP contribution in [0.3, 0.4) is 0 Å². The third kappa shape index (κ3) is 2.55. The highest BCUT2D eigenvalue weighted by Gasteiger charge is 2.14. The molecule has 7 heteroatoms. The van der Waals surface area contributed by atoms with Gasteiger partial charge in [0, 0.05) is 25.4 Å². The van der Waals surface area contributed by atoms with Gasteiger partial charge in [-0.05, 0) is 0 Å². The van der Waals surface area contributed by atoms with Crippen molar-refractivity contribution in [2.45, 2.75) is 26.3 Å². The monoisotopic (exact) mass is 248 g/mol. The fraction of sp³-hybridized carbons (Fsp3) is 0.455. The summed E-state index contributed by atoms with van der Waals surface area (Å²) < 4.78 is 1.85. The van der Waals surface area contributed by atoms with Crippen LogP contribution in [0.25, 0.3) is 0 Å². The lowest BCUT2D eigenvalue weighted by Crippen LogP contribution is -2.25. The number of aromatic amines is 1. The number of rotatable bonds is 4. The van der Waals surface area contributed by atoms with Gasteiger partial charge >= 0.3 is 0 Å². The fourth-order valence-electron chi connectivity index (χ4n) is 1.44. The van der Waals surface area contributed by atoms with Gasteiger partial charge in [0.15, 0.2) is 0 Å². The van der Waals surface area contributed by atoms with Gasteiger partial charge in [0.25, 0.3) is 5.91 Å². The summed E-state index contributed by atoms with van der Waals surface area (Å²) in [5, 5.41) is 9.36. The van der Waals surface area contributed by atoms with Crippen LogP contribution in [-0.4, -0.2) is 30.6 Å². The molecule has 0 aliphatic carbocycles. The standard InChI is InChI=1S/C11H16N6O/c1-7(2)9-14-10(16-15-9)11(18)13-6-8-12-4-5-17(8)3/h4-5,7H,6H2,1-3H3,(H,13,18)(H,14,15,16). The van der Waals surface area contributed by atoms with Crippen molar-refractivity contribution < 1.29 is 4.79 Å². The van der Waals surface area contributed by atoms with Gasteiger partial charge < -0.3 is 9.88 Å². The Kier molecular flexibility index (Phi) is 3.40. The molecule has 0 spiro atoms. The van der Waals surface area contributed by atoms with Crippen LogP contribution < -0.4 is 5.32 Å². The molecule has 0 saturated heterocycles. The third-order valence-electron chi connectivity index (χ3n) is 2.58. The summed E-state index contributed by atoms with van der Waals surface area (Å²) in [4.78, 5) is 20.0. The first-order valence-corrected chi connectivity index (χ1v) is 5.74. The van der Waals surface area contributed by atoms with Crippen LogP contribution in [0.5, 0.6) is 0 Å². The average Bonchev–Trinajstić information content (AvgIpc) is 2.94. The van der Waals surface area contributed by atoms with E-state index < -0.39 is 0 Å². The van der Waals surface area contributed by atoms with Gasteiger partial charge in [-0.3, -0.25) is 9.89 Å². The number of carbonyl (C=O) groups excluding carboxylic acids is 1. The molecule has 0 atom stereocenters. The smallest absolute Gasteiger partial charge is 0.291 e. The number of hydrogen-bond acceptors (Lipinski definition) is 4. The predicted molar refractivity (Wildman–Crippen MR) is 64.8 cm³/mol. The first-order chi connectivity index (χ1) is 8.58. The van der Waals surface area contributed by atoms with Crippen LogP contribution in [-0.2, 0) is 13.6 Å². The average molecular weight is 248 g/mol. The SMILES string of the molecule is CC(C)c1nc(C(=O)NCc2nccn2C)n[nH]1. The zero-order chi connectivity index (χ0) is 13.1. The van der Waals surface area contributed by atoms with E-state index in [9.17, 15) is 4.79 Å². The lowest BCUT2D eigenvalue weighted by Gasteiger charge is -2.02. The van der Waals surface area contributed by atoms with Crippen molar-refractivity contribution in [3.05, 3.63) is 29.9 Å². The largest absolute Gasteiger partial charge is 0.342 e. The lowest BCUT2D eigenvalue weighted by atomic mass is 10.2. The molecule has 0 unspecified atom stereocenters. The molecule has 2 heterocycles. The Morgan fingerprint density at radius 3 is 2.89 bits per heavy atom. The molecule has 7 nitrogen and oxygen atoms in total. The Morgan fingerprint density at radius 1 is 1.56 bits per heavy atom. The maximum absolute atomic E-state index is 11.8. The number of imidazole rings is 1. The van der Waals surface area contributed by atoms with Crippen molar-refractivity contribution in [2.24, 2.45) is 7.05 Å². The van der Waals surface area contributed by atoms with E-state index in [1.54, 1.807) is 6.20 Å². The molecule has 2 aromatic heterocycles. The quantitative estimate of drug-likeness (QED) is 0.829. The topological polar surface area (TPSA) is 88.5 Å². The summed E-state index contributed by atoms with van der Waals surface area (Å²) in [7, 11) is 1.87. The van der Waals surface area contributed by atoms with Gasteiger partial charge in [-0.1, -0.05) is 13.8 Å². The minimum absolute atomic E-state index is 0.160. The molecule has 0 aromatic carbocycles. The summed E-state index contributed by atoms with van der Waals surface area (Å²) in [6.45, 7) is 4.32.